The summed E-state index contributed by atoms with van der Waals surface area (Å²) in [7, 11) is 0. The second-order valence-corrected chi connectivity index (χ2v) is 5.44. The molecule has 1 aliphatic carbocycles. The zero-order valence-corrected chi connectivity index (χ0v) is 11.7. The molecule has 1 aromatic rings. The van der Waals surface area contributed by atoms with Crippen LogP contribution in [-0.4, -0.2) is 15.8 Å². The standard InChI is InChI=1S/C13H20ClN3O/c1-3-7-17-13(18)12(14)11(8-15-17)16-10-6-4-5-9(10)2/h8-10,16H,3-7H2,1-2H3. The monoisotopic (exact) mass is 269 g/mol. The first-order valence-electron chi connectivity index (χ1n) is 6.65. The minimum atomic E-state index is -0.200. The van der Waals surface area contributed by atoms with Crippen molar-refractivity contribution in [2.45, 2.75) is 52.1 Å². The highest BCUT2D eigenvalue weighted by Crippen LogP contribution is 2.29. The lowest BCUT2D eigenvalue weighted by Crippen LogP contribution is -2.27. The van der Waals surface area contributed by atoms with Gasteiger partial charge in [-0.2, -0.15) is 5.10 Å². The van der Waals surface area contributed by atoms with E-state index in [0.717, 1.165) is 12.8 Å². The highest BCUT2D eigenvalue weighted by molar-refractivity contribution is 6.32. The topological polar surface area (TPSA) is 46.9 Å². The van der Waals surface area contributed by atoms with E-state index < -0.39 is 0 Å². The predicted molar refractivity (Wildman–Crippen MR) is 74.2 cm³/mol. The van der Waals surface area contributed by atoms with Gasteiger partial charge in [-0.05, 0) is 25.2 Å². The van der Waals surface area contributed by atoms with Gasteiger partial charge in [-0.3, -0.25) is 4.79 Å². The molecule has 4 nitrogen and oxygen atoms in total. The Balaban J connectivity index is 2.19. The highest BCUT2D eigenvalue weighted by atomic mass is 35.5. The Bertz CT molecular complexity index is 472. The van der Waals surface area contributed by atoms with Gasteiger partial charge in [-0.1, -0.05) is 31.9 Å². The fraction of sp³-hybridized carbons (Fsp3) is 0.692. The van der Waals surface area contributed by atoms with Crippen molar-refractivity contribution >= 4 is 17.3 Å². The molecule has 1 saturated carbocycles. The van der Waals surface area contributed by atoms with Gasteiger partial charge in [-0.15, -0.1) is 0 Å². The fourth-order valence-corrected chi connectivity index (χ4v) is 2.70. The van der Waals surface area contributed by atoms with E-state index in [9.17, 15) is 4.79 Å². The molecule has 1 N–H and O–H groups in total. The number of aromatic nitrogens is 2. The van der Waals surface area contributed by atoms with Crippen LogP contribution in [0.25, 0.3) is 0 Å². The molecule has 0 amide bonds. The van der Waals surface area contributed by atoms with Crippen LogP contribution in [0.15, 0.2) is 11.0 Å². The molecule has 0 aliphatic heterocycles. The van der Waals surface area contributed by atoms with Gasteiger partial charge in [0.1, 0.15) is 5.02 Å². The van der Waals surface area contributed by atoms with Gasteiger partial charge in [0.05, 0.1) is 11.9 Å². The van der Waals surface area contributed by atoms with Crippen LogP contribution in [0.4, 0.5) is 5.69 Å². The van der Waals surface area contributed by atoms with Gasteiger partial charge < -0.3 is 5.32 Å². The van der Waals surface area contributed by atoms with Crippen LogP contribution in [0.1, 0.15) is 39.5 Å². The van der Waals surface area contributed by atoms with E-state index in [2.05, 4.69) is 17.3 Å². The minimum absolute atomic E-state index is 0.200. The molecule has 2 atom stereocenters. The van der Waals surface area contributed by atoms with E-state index in [0.29, 0.717) is 24.2 Å². The molecule has 2 rings (SSSR count). The Labute approximate surface area is 112 Å². The summed E-state index contributed by atoms with van der Waals surface area (Å²) < 4.78 is 1.42. The molecule has 1 aliphatic rings. The maximum absolute atomic E-state index is 12.0. The molecule has 5 heteroatoms. The summed E-state index contributed by atoms with van der Waals surface area (Å²) in [6, 6.07) is 0.408. The van der Waals surface area contributed by atoms with Gasteiger partial charge in [0.25, 0.3) is 5.56 Å². The van der Waals surface area contributed by atoms with Crippen LogP contribution in [-0.2, 0) is 6.54 Å². The third-order valence-corrected chi connectivity index (χ3v) is 3.99. The summed E-state index contributed by atoms with van der Waals surface area (Å²) >= 11 is 6.12. The van der Waals surface area contributed by atoms with E-state index >= 15 is 0 Å². The second kappa shape index (κ2) is 5.74. The quantitative estimate of drug-likeness (QED) is 0.914. The van der Waals surface area contributed by atoms with Crippen LogP contribution < -0.4 is 10.9 Å². The molecule has 1 fully saturated rings. The van der Waals surface area contributed by atoms with E-state index in [1.807, 2.05) is 6.92 Å². The highest BCUT2D eigenvalue weighted by Gasteiger charge is 2.24. The number of rotatable bonds is 4. The third kappa shape index (κ3) is 2.69. The fourth-order valence-electron chi connectivity index (χ4n) is 2.50. The van der Waals surface area contributed by atoms with Crippen molar-refractivity contribution < 1.29 is 0 Å². The normalized spacial score (nSPS) is 23.3. The number of halogens is 1. The van der Waals surface area contributed by atoms with Gasteiger partial charge in [-0.25, -0.2) is 4.68 Å². The molecule has 1 aromatic heterocycles. The second-order valence-electron chi connectivity index (χ2n) is 5.06. The molecule has 18 heavy (non-hydrogen) atoms. The molecular formula is C13H20ClN3O. The molecule has 0 aromatic carbocycles. The Morgan fingerprint density at radius 3 is 2.94 bits per heavy atom. The lowest BCUT2D eigenvalue weighted by Gasteiger charge is -2.19. The number of anilines is 1. The van der Waals surface area contributed by atoms with Crippen molar-refractivity contribution in [3.8, 4) is 0 Å². The van der Waals surface area contributed by atoms with Gasteiger partial charge in [0, 0.05) is 12.6 Å². The van der Waals surface area contributed by atoms with Crippen molar-refractivity contribution in [2.75, 3.05) is 5.32 Å². The first-order valence-corrected chi connectivity index (χ1v) is 7.03. The zero-order chi connectivity index (χ0) is 13.1. The molecule has 0 saturated heterocycles. The summed E-state index contributed by atoms with van der Waals surface area (Å²) in [5.41, 5.74) is 0.474. The summed E-state index contributed by atoms with van der Waals surface area (Å²) in [4.78, 5) is 12.0. The zero-order valence-electron chi connectivity index (χ0n) is 10.9. The molecule has 0 bridgehead atoms. The van der Waals surface area contributed by atoms with Crippen LogP contribution in [0.3, 0.4) is 0 Å². The first-order chi connectivity index (χ1) is 8.63. The van der Waals surface area contributed by atoms with Gasteiger partial charge >= 0.3 is 0 Å². The average molecular weight is 270 g/mol. The maximum atomic E-state index is 12.0. The number of hydrogen-bond acceptors (Lipinski definition) is 3. The molecule has 0 radical (unpaired) electrons. The van der Waals surface area contributed by atoms with Gasteiger partial charge in [0.2, 0.25) is 0 Å². The Kier molecular flexibility index (Phi) is 4.27. The predicted octanol–water partition coefficient (Wildman–Crippen LogP) is 2.91. The third-order valence-electron chi connectivity index (χ3n) is 3.62. The van der Waals surface area contributed by atoms with E-state index in [-0.39, 0.29) is 10.6 Å². The molecule has 100 valence electrons. The number of aryl methyl sites for hydroxylation is 1. The van der Waals surface area contributed by atoms with Crippen LogP contribution in [0, 0.1) is 5.92 Å². The van der Waals surface area contributed by atoms with E-state index in [1.165, 1.54) is 17.5 Å². The van der Waals surface area contributed by atoms with E-state index in [1.54, 1.807) is 6.20 Å². The largest absolute Gasteiger partial charge is 0.379 e. The number of nitrogens with one attached hydrogen (secondary N) is 1. The number of nitrogens with zero attached hydrogens (tertiary/aromatic N) is 2. The van der Waals surface area contributed by atoms with E-state index in [4.69, 9.17) is 11.6 Å². The van der Waals surface area contributed by atoms with Crippen molar-refractivity contribution in [2.24, 2.45) is 5.92 Å². The Morgan fingerprint density at radius 1 is 1.56 bits per heavy atom. The summed E-state index contributed by atoms with van der Waals surface area (Å²) in [5.74, 6) is 0.624. The van der Waals surface area contributed by atoms with Gasteiger partial charge in [0.15, 0.2) is 0 Å². The molecule has 0 spiro atoms. The van der Waals surface area contributed by atoms with Crippen LogP contribution in [0.2, 0.25) is 5.02 Å². The smallest absolute Gasteiger partial charge is 0.287 e. The molecule has 2 unspecified atom stereocenters. The lowest BCUT2D eigenvalue weighted by molar-refractivity contribution is 0.550. The molecular weight excluding hydrogens is 250 g/mol. The van der Waals surface area contributed by atoms with Crippen molar-refractivity contribution in [3.63, 3.8) is 0 Å². The van der Waals surface area contributed by atoms with Crippen molar-refractivity contribution in [3.05, 3.63) is 21.6 Å². The Morgan fingerprint density at radius 2 is 2.33 bits per heavy atom. The van der Waals surface area contributed by atoms with Crippen molar-refractivity contribution in [1.82, 2.24) is 9.78 Å². The summed E-state index contributed by atoms with van der Waals surface area (Å²) in [5, 5.41) is 7.78. The Hall–Kier alpha value is -1.03. The minimum Gasteiger partial charge on any atom is -0.379 e. The van der Waals surface area contributed by atoms with Crippen molar-refractivity contribution in [1.29, 1.82) is 0 Å². The average Bonchev–Trinajstić information content (AvgIpc) is 2.75. The SMILES string of the molecule is CCCn1ncc(NC2CCCC2C)c(Cl)c1=O. The molecule has 1 heterocycles. The lowest BCUT2D eigenvalue weighted by atomic mass is 10.1. The van der Waals surface area contributed by atoms with Crippen LogP contribution in [0.5, 0.6) is 0 Å². The van der Waals surface area contributed by atoms with Crippen LogP contribution >= 0.6 is 11.6 Å². The number of hydrogen-bond donors (Lipinski definition) is 1. The maximum Gasteiger partial charge on any atom is 0.287 e. The summed E-state index contributed by atoms with van der Waals surface area (Å²) in [6.07, 6.45) is 6.14. The summed E-state index contributed by atoms with van der Waals surface area (Å²) in [6.45, 7) is 4.84. The first kappa shape index (κ1) is 13.4.